The van der Waals surface area contributed by atoms with E-state index in [0.29, 0.717) is 22.6 Å². The number of ether oxygens (including phenoxy) is 1. The van der Waals surface area contributed by atoms with Gasteiger partial charge in [0.05, 0.1) is 18.5 Å². The zero-order valence-corrected chi connectivity index (χ0v) is 15.4. The zero-order chi connectivity index (χ0) is 20.4. The summed E-state index contributed by atoms with van der Waals surface area (Å²) in [6, 6.07) is 6.44. The van der Waals surface area contributed by atoms with Crippen LogP contribution in [0, 0.1) is 5.82 Å². The molecule has 0 aliphatic heterocycles. The molecule has 2 N–H and O–H groups in total. The van der Waals surface area contributed by atoms with E-state index in [1.165, 1.54) is 23.1 Å². The fraction of sp³-hybridized carbons (Fsp3) is 0.158. The van der Waals surface area contributed by atoms with Crippen molar-refractivity contribution < 1.29 is 13.9 Å². The van der Waals surface area contributed by atoms with Gasteiger partial charge < -0.3 is 10.5 Å². The number of carbonyl (C=O) groups is 1. The molecule has 0 amide bonds. The molecular formula is C19H16FN7O2. The third-order valence-electron chi connectivity index (χ3n) is 4.19. The van der Waals surface area contributed by atoms with Gasteiger partial charge in [-0.25, -0.2) is 33.6 Å². The van der Waals surface area contributed by atoms with Crippen LogP contribution in [0.1, 0.15) is 28.5 Å². The van der Waals surface area contributed by atoms with Crippen molar-refractivity contribution in [1.82, 2.24) is 29.5 Å². The van der Waals surface area contributed by atoms with Crippen molar-refractivity contribution in [3.8, 4) is 11.5 Å². The van der Waals surface area contributed by atoms with Crippen molar-refractivity contribution in [3.63, 3.8) is 0 Å². The Morgan fingerprint density at radius 1 is 1.24 bits per heavy atom. The molecule has 9 nitrogen and oxygen atoms in total. The summed E-state index contributed by atoms with van der Waals surface area (Å²) < 4.78 is 20.5. The number of esters is 1. The third kappa shape index (κ3) is 3.59. The van der Waals surface area contributed by atoms with Gasteiger partial charge in [-0.3, -0.25) is 0 Å². The number of nitrogen functional groups attached to an aromatic ring is 1. The second-order valence-electron chi connectivity index (χ2n) is 6.08. The number of hydrogen-bond donors (Lipinski definition) is 1. The van der Waals surface area contributed by atoms with Crippen LogP contribution in [0.15, 0.2) is 43.0 Å². The molecule has 29 heavy (non-hydrogen) atoms. The minimum atomic E-state index is -0.600. The first kappa shape index (κ1) is 18.4. The number of anilines is 1. The molecule has 0 radical (unpaired) electrons. The Hall–Kier alpha value is -3.95. The van der Waals surface area contributed by atoms with Crippen LogP contribution >= 0.6 is 0 Å². The summed E-state index contributed by atoms with van der Waals surface area (Å²) in [5.41, 5.74) is 7.80. The number of carbonyl (C=O) groups excluding carboxylic acids is 1. The van der Waals surface area contributed by atoms with Crippen LogP contribution in [0.25, 0.3) is 17.2 Å². The van der Waals surface area contributed by atoms with E-state index >= 15 is 0 Å². The third-order valence-corrected chi connectivity index (χ3v) is 4.19. The van der Waals surface area contributed by atoms with E-state index in [0.717, 1.165) is 0 Å². The van der Waals surface area contributed by atoms with E-state index in [1.807, 2.05) is 0 Å². The van der Waals surface area contributed by atoms with Crippen LogP contribution in [-0.4, -0.2) is 42.1 Å². The minimum Gasteiger partial charge on any atom is -0.462 e. The highest BCUT2D eigenvalue weighted by atomic mass is 19.1. The minimum absolute atomic E-state index is 0.0235. The Morgan fingerprint density at radius 3 is 2.83 bits per heavy atom. The van der Waals surface area contributed by atoms with Crippen LogP contribution in [0.4, 0.5) is 10.2 Å². The highest BCUT2D eigenvalue weighted by Crippen LogP contribution is 2.21. The molecule has 1 aromatic carbocycles. The van der Waals surface area contributed by atoms with Gasteiger partial charge in [-0.2, -0.15) is 5.10 Å². The van der Waals surface area contributed by atoms with E-state index in [2.05, 4.69) is 25.0 Å². The molecule has 0 spiro atoms. The first-order valence-electron chi connectivity index (χ1n) is 8.79. The number of rotatable bonds is 5. The molecule has 0 aliphatic rings. The van der Waals surface area contributed by atoms with Gasteiger partial charge in [-0.15, -0.1) is 0 Å². The predicted octanol–water partition coefficient (Wildman–Crippen LogP) is 2.07. The van der Waals surface area contributed by atoms with Gasteiger partial charge in [0, 0.05) is 12.6 Å². The molecule has 0 aliphatic carbocycles. The summed E-state index contributed by atoms with van der Waals surface area (Å²) in [5, 5.41) is 4.13. The van der Waals surface area contributed by atoms with Crippen LogP contribution in [-0.2, 0) is 11.2 Å². The monoisotopic (exact) mass is 393 g/mol. The lowest BCUT2D eigenvalue weighted by Crippen LogP contribution is -2.11. The first-order chi connectivity index (χ1) is 14.1. The van der Waals surface area contributed by atoms with E-state index in [-0.39, 0.29) is 36.1 Å². The highest BCUT2D eigenvalue weighted by molar-refractivity contribution is 5.93. The second-order valence-corrected chi connectivity index (χ2v) is 6.08. The number of nitrogens with zero attached hydrogens (tertiary/aromatic N) is 6. The Labute approximate surface area is 164 Å². The maximum atomic E-state index is 14.1. The highest BCUT2D eigenvalue weighted by Gasteiger charge is 2.17. The fourth-order valence-electron chi connectivity index (χ4n) is 2.82. The SMILES string of the molecule is CCOC(=O)c1cnc(-c2cn3ncnc3c(Cc3ccccc3F)n2)nc1N. The summed E-state index contributed by atoms with van der Waals surface area (Å²) in [6.45, 7) is 1.90. The van der Waals surface area contributed by atoms with Gasteiger partial charge >= 0.3 is 5.97 Å². The number of hydrogen-bond acceptors (Lipinski definition) is 8. The maximum Gasteiger partial charge on any atom is 0.343 e. The number of fused-ring (bicyclic) bond motifs is 1. The van der Waals surface area contributed by atoms with E-state index in [4.69, 9.17) is 10.5 Å². The lowest BCUT2D eigenvalue weighted by Gasteiger charge is -2.09. The second kappa shape index (κ2) is 7.58. The molecule has 0 saturated heterocycles. The quantitative estimate of drug-likeness (QED) is 0.512. The van der Waals surface area contributed by atoms with Crippen molar-refractivity contribution in [2.24, 2.45) is 0 Å². The van der Waals surface area contributed by atoms with Crippen molar-refractivity contribution in [2.75, 3.05) is 12.3 Å². The molecule has 0 unspecified atom stereocenters. The summed E-state index contributed by atoms with van der Waals surface area (Å²) >= 11 is 0. The molecular weight excluding hydrogens is 377 g/mol. The van der Waals surface area contributed by atoms with Crippen molar-refractivity contribution in [2.45, 2.75) is 13.3 Å². The Bertz CT molecular complexity index is 1210. The Balaban J connectivity index is 1.76. The normalized spacial score (nSPS) is 11.0. The van der Waals surface area contributed by atoms with Gasteiger partial charge in [-0.1, -0.05) is 18.2 Å². The Morgan fingerprint density at radius 2 is 2.07 bits per heavy atom. The topological polar surface area (TPSA) is 121 Å². The van der Waals surface area contributed by atoms with Gasteiger partial charge in [0.25, 0.3) is 0 Å². The van der Waals surface area contributed by atoms with Crippen LogP contribution in [0.5, 0.6) is 0 Å². The molecule has 0 atom stereocenters. The van der Waals surface area contributed by atoms with Crippen molar-refractivity contribution >= 4 is 17.4 Å². The van der Waals surface area contributed by atoms with E-state index < -0.39 is 5.97 Å². The van der Waals surface area contributed by atoms with E-state index in [9.17, 15) is 9.18 Å². The summed E-state index contributed by atoms with van der Waals surface area (Å²) in [4.78, 5) is 29.0. The van der Waals surface area contributed by atoms with E-state index in [1.54, 1.807) is 31.3 Å². The average molecular weight is 393 g/mol. The molecule has 10 heteroatoms. The molecule has 0 bridgehead atoms. The first-order valence-corrected chi connectivity index (χ1v) is 8.79. The lowest BCUT2D eigenvalue weighted by atomic mass is 10.1. The molecule has 4 rings (SSSR count). The summed E-state index contributed by atoms with van der Waals surface area (Å²) in [7, 11) is 0. The molecule has 3 heterocycles. The van der Waals surface area contributed by atoms with Gasteiger partial charge in [0.1, 0.15) is 29.2 Å². The zero-order valence-electron chi connectivity index (χ0n) is 15.4. The molecule has 4 aromatic rings. The van der Waals surface area contributed by atoms with Crippen molar-refractivity contribution in [3.05, 3.63) is 65.6 Å². The van der Waals surface area contributed by atoms with Crippen LogP contribution in [0.2, 0.25) is 0 Å². The Kier molecular flexibility index (Phi) is 4.82. The summed E-state index contributed by atoms with van der Waals surface area (Å²) in [6.07, 6.45) is 4.47. The predicted molar refractivity (Wildman–Crippen MR) is 101 cm³/mol. The van der Waals surface area contributed by atoms with Crippen molar-refractivity contribution in [1.29, 1.82) is 0 Å². The van der Waals surface area contributed by atoms with Gasteiger partial charge in [0.2, 0.25) is 0 Å². The number of aromatic nitrogens is 6. The van der Waals surface area contributed by atoms with Gasteiger partial charge in [0.15, 0.2) is 11.5 Å². The maximum absolute atomic E-state index is 14.1. The lowest BCUT2D eigenvalue weighted by molar-refractivity contribution is 0.0527. The summed E-state index contributed by atoms with van der Waals surface area (Å²) in [5.74, 6) is -0.763. The fourth-order valence-corrected chi connectivity index (χ4v) is 2.82. The smallest absolute Gasteiger partial charge is 0.343 e. The number of nitrogens with two attached hydrogens (primary N) is 1. The molecule has 0 fully saturated rings. The van der Waals surface area contributed by atoms with Gasteiger partial charge in [-0.05, 0) is 18.6 Å². The van der Waals surface area contributed by atoms with Crippen LogP contribution in [0.3, 0.4) is 0 Å². The van der Waals surface area contributed by atoms with Crippen LogP contribution < -0.4 is 5.73 Å². The largest absolute Gasteiger partial charge is 0.462 e. The molecule has 3 aromatic heterocycles. The number of benzene rings is 1. The standard InChI is InChI=1S/C19H16FN7O2/c1-2-29-19(28)12-8-22-17(26-16(12)21)15-9-27-18(23-10-24-27)14(25-15)7-11-5-3-4-6-13(11)20/h3-6,8-10H,2,7H2,1H3,(H2,21,22,26). The average Bonchev–Trinajstić information content (AvgIpc) is 3.18. The number of halogens is 1. The molecule has 0 saturated carbocycles. The molecule has 146 valence electrons.